The summed E-state index contributed by atoms with van der Waals surface area (Å²) in [5, 5.41) is 0. The van der Waals surface area contributed by atoms with Gasteiger partial charge >= 0.3 is 12.3 Å². The smallest absolute Gasteiger partial charge is 0.426 e. The Kier molecular flexibility index (Phi) is 6.26. The first-order valence-corrected chi connectivity index (χ1v) is 9.11. The lowest BCUT2D eigenvalue weighted by atomic mass is 9.81. The van der Waals surface area contributed by atoms with Gasteiger partial charge in [-0.3, -0.25) is 4.79 Å². The monoisotopic (exact) mass is 390 g/mol. The SMILES string of the molecule is CC1COC(C2CCC(C(=O)Oc3ccc(OC(F)(F)F)cc3)CC2)OC1.[HH]. The third-order valence-corrected chi connectivity index (χ3v) is 4.86. The van der Waals surface area contributed by atoms with Crippen molar-refractivity contribution < 1.29 is 38.3 Å². The van der Waals surface area contributed by atoms with Gasteiger partial charge in [0.25, 0.3) is 0 Å². The van der Waals surface area contributed by atoms with E-state index in [1.807, 2.05) is 0 Å². The molecule has 1 aliphatic carbocycles. The maximum atomic E-state index is 12.3. The molecule has 1 aliphatic heterocycles. The quantitative estimate of drug-likeness (QED) is 0.558. The van der Waals surface area contributed by atoms with Gasteiger partial charge in [0.05, 0.1) is 19.1 Å². The van der Waals surface area contributed by atoms with Gasteiger partial charge in [0.2, 0.25) is 0 Å². The maximum absolute atomic E-state index is 12.3. The predicted molar refractivity (Wildman–Crippen MR) is 91.2 cm³/mol. The van der Waals surface area contributed by atoms with Crippen molar-refractivity contribution >= 4 is 5.97 Å². The Bertz CT molecular complexity index is 621. The minimum Gasteiger partial charge on any atom is -0.426 e. The molecule has 5 nitrogen and oxygen atoms in total. The number of ether oxygens (including phenoxy) is 4. The van der Waals surface area contributed by atoms with Crippen LogP contribution in [-0.4, -0.2) is 31.8 Å². The maximum Gasteiger partial charge on any atom is 0.573 e. The standard InChI is InChI=1S/C19H23F3O5.H2/c1-12-10-24-18(25-11-12)14-4-2-13(3-5-14)17(23)26-15-6-8-16(9-7-15)27-19(20,21)22;/h6-9,12-14,18H,2-5,10-11H2,1H3;1H. The highest BCUT2D eigenvalue weighted by Gasteiger charge is 2.34. The highest BCUT2D eigenvalue weighted by atomic mass is 19.4. The molecule has 3 rings (SSSR count). The second-order valence-corrected chi connectivity index (χ2v) is 7.19. The molecule has 0 radical (unpaired) electrons. The molecule has 1 heterocycles. The number of carbonyl (C=O) groups excluding carboxylic acids is 1. The van der Waals surface area contributed by atoms with Gasteiger partial charge in [0.15, 0.2) is 6.29 Å². The zero-order chi connectivity index (χ0) is 19.4. The summed E-state index contributed by atoms with van der Waals surface area (Å²) in [6, 6.07) is 4.81. The van der Waals surface area contributed by atoms with E-state index in [0.717, 1.165) is 25.0 Å². The van der Waals surface area contributed by atoms with E-state index in [2.05, 4.69) is 11.7 Å². The summed E-state index contributed by atoms with van der Waals surface area (Å²) in [6.07, 6.45) is -1.95. The number of carbonyl (C=O) groups is 1. The summed E-state index contributed by atoms with van der Waals surface area (Å²) in [5.74, 6) is -0.0677. The molecule has 8 heteroatoms. The van der Waals surface area contributed by atoms with Gasteiger partial charge in [0.1, 0.15) is 11.5 Å². The van der Waals surface area contributed by atoms with Crippen molar-refractivity contribution in [3.8, 4) is 11.5 Å². The molecule has 0 aromatic heterocycles. The van der Waals surface area contributed by atoms with Crippen LogP contribution in [0.25, 0.3) is 0 Å². The fourth-order valence-electron chi connectivity index (χ4n) is 3.42. The number of esters is 1. The molecule has 0 unspecified atom stereocenters. The number of halogens is 3. The zero-order valence-electron chi connectivity index (χ0n) is 15.0. The number of hydrogen-bond donors (Lipinski definition) is 0. The van der Waals surface area contributed by atoms with Crippen molar-refractivity contribution in [3.63, 3.8) is 0 Å². The van der Waals surface area contributed by atoms with E-state index in [4.69, 9.17) is 14.2 Å². The van der Waals surface area contributed by atoms with Crippen molar-refractivity contribution in [2.24, 2.45) is 17.8 Å². The van der Waals surface area contributed by atoms with Gasteiger partial charge in [-0.15, -0.1) is 13.2 Å². The third-order valence-electron chi connectivity index (χ3n) is 4.86. The van der Waals surface area contributed by atoms with E-state index in [9.17, 15) is 18.0 Å². The molecule has 0 N–H and O–H groups in total. The molecule has 152 valence electrons. The molecular formula is C19H25F3O5. The van der Waals surface area contributed by atoms with E-state index in [1.54, 1.807) is 0 Å². The van der Waals surface area contributed by atoms with Gasteiger partial charge in [-0.2, -0.15) is 0 Å². The number of rotatable bonds is 4. The molecule has 0 bridgehead atoms. The molecule has 2 fully saturated rings. The van der Waals surface area contributed by atoms with Crippen LogP contribution in [0.1, 0.15) is 34.0 Å². The van der Waals surface area contributed by atoms with Crippen LogP contribution in [0.5, 0.6) is 11.5 Å². The first-order chi connectivity index (χ1) is 12.8. The van der Waals surface area contributed by atoms with Crippen LogP contribution in [0.3, 0.4) is 0 Å². The predicted octanol–water partition coefficient (Wildman–Crippen LogP) is 4.55. The Hall–Kier alpha value is -1.80. The Labute approximate surface area is 157 Å². The second kappa shape index (κ2) is 8.48. The highest BCUT2D eigenvalue weighted by molar-refractivity contribution is 5.75. The van der Waals surface area contributed by atoms with Gasteiger partial charge in [-0.05, 0) is 49.9 Å². The van der Waals surface area contributed by atoms with Crippen molar-refractivity contribution in [2.45, 2.75) is 45.3 Å². The lowest BCUT2D eigenvalue weighted by Crippen LogP contribution is -2.38. The van der Waals surface area contributed by atoms with E-state index in [-0.39, 0.29) is 37.0 Å². The van der Waals surface area contributed by atoms with Gasteiger partial charge in [-0.25, -0.2) is 0 Å². The topological polar surface area (TPSA) is 54.0 Å². The van der Waals surface area contributed by atoms with Crippen molar-refractivity contribution in [1.82, 2.24) is 0 Å². The minimum absolute atomic E-state index is 0. The first kappa shape index (κ1) is 19.9. The van der Waals surface area contributed by atoms with E-state index >= 15 is 0 Å². The number of hydrogen-bond acceptors (Lipinski definition) is 5. The van der Waals surface area contributed by atoms with E-state index < -0.39 is 6.36 Å². The number of alkyl halides is 3. The van der Waals surface area contributed by atoms with E-state index in [1.165, 1.54) is 12.1 Å². The molecule has 0 amide bonds. The number of benzene rings is 1. The van der Waals surface area contributed by atoms with Gasteiger partial charge in [0, 0.05) is 13.3 Å². The molecule has 1 aromatic rings. The lowest BCUT2D eigenvalue weighted by molar-refractivity contribution is -0.274. The van der Waals surface area contributed by atoms with Crippen LogP contribution in [0.4, 0.5) is 13.2 Å². The molecule has 0 spiro atoms. The Morgan fingerprint density at radius 2 is 1.59 bits per heavy atom. The van der Waals surface area contributed by atoms with Crippen LogP contribution in [0, 0.1) is 17.8 Å². The lowest BCUT2D eigenvalue weighted by Gasteiger charge is -2.36. The summed E-state index contributed by atoms with van der Waals surface area (Å²) >= 11 is 0. The van der Waals surface area contributed by atoms with E-state index in [0.29, 0.717) is 32.0 Å². The van der Waals surface area contributed by atoms with Crippen molar-refractivity contribution in [2.75, 3.05) is 13.2 Å². The Morgan fingerprint density at radius 3 is 2.15 bits per heavy atom. The highest BCUT2D eigenvalue weighted by Crippen LogP contribution is 2.35. The van der Waals surface area contributed by atoms with Crippen LogP contribution >= 0.6 is 0 Å². The Balaban J connectivity index is 0.00000280. The summed E-state index contributed by atoms with van der Waals surface area (Å²) in [6.45, 7) is 3.46. The summed E-state index contributed by atoms with van der Waals surface area (Å²) < 4.78 is 57.0. The molecule has 27 heavy (non-hydrogen) atoms. The van der Waals surface area contributed by atoms with Crippen molar-refractivity contribution in [3.05, 3.63) is 24.3 Å². The average molecular weight is 390 g/mol. The van der Waals surface area contributed by atoms with Crippen LogP contribution < -0.4 is 9.47 Å². The van der Waals surface area contributed by atoms with Crippen molar-refractivity contribution in [1.29, 1.82) is 0 Å². The fourth-order valence-corrected chi connectivity index (χ4v) is 3.42. The zero-order valence-corrected chi connectivity index (χ0v) is 15.0. The van der Waals surface area contributed by atoms with Gasteiger partial charge < -0.3 is 18.9 Å². The summed E-state index contributed by atoms with van der Waals surface area (Å²) in [4.78, 5) is 12.3. The van der Waals surface area contributed by atoms with Crippen LogP contribution in [-0.2, 0) is 14.3 Å². The molecule has 2 aliphatic rings. The van der Waals surface area contributed by atoms with Gasteiger partial charge in [-0.1, -0.05) is 6.92 Å². The normalized spacial score (nSPS) is 29.2. The fraction of sp³-hybridized carbons (Fsp3) is 0.632. The average Bonchev–Trinajstić information content (AvgIpc) is 2.63. The third kappa shape index (κ3) is 5.84. The largest absolute Gasteiger partial charge is 0.573 e. The first-order valence-electron chi connectivity index (χ1n) is 9.11. The summed E-state index contributed by atoms with van der Waals surface area (Å²) in [5.41, 5.74) is 0. The molecule has 1 saturated carbocycles. The molecule has 1 saturated heterocycles. The Morgan fingerprint density at radius 1 is 1.04 bits per heavy atom. The molecule has 1 aromatic carbocycles. The minimum atomic E-state index is -4.75. The summed E-state index contributed by atoms with van der Waals surface area (Å²) in [7, 11) is 0. The van der Waals surface area contributed by atoms with Crippen LogP contribution in [0.2, 0.25) is 0 Å². The van der Waals surface area contributed by atoms with Crippen LogP contribution in [0.15, 0.2) is 24.3 Å². The molecular weight excluding hydrogens is 365 g/mol. The second-order valence-electron chi connectivity index (χ2n) is 7.19. The molecule has 0 atom stereocenters.